The molecule has 0 bridgehead atoms. The monoisotopic (exact) mass is 405 g/mol. The number of nitrogens with zero attached hydrogens (tertiary/aromatic N) is 1. The molecule has 0 fully saturated rings. The third-order valence-electron chi connectivity index (χ3n) is 5.22. The average Bonchev–Trinajstić information content (AvgIpc) is 2.97. The summed E-state index contributed by atoms with van der Waals surface area (Å²) in [5.74, 6) is -0.194. The van der Waals surface area contributed by atoms with Gasteiger partial charge in [-0.2, -0.15) is 0 Å². The topological polar surface area (TPSA) is 29.0 Å². The molecule has 0 atom stereocenters. The fraction of sp³-hybridized carbons (Fsp3) is 0.333. The van der Waals surface area contributed by atoms with Crippen LogP contribution in [0.5, 0.6) is 0 Å². The predicted octanol–water partition coefficient (Wildman–Crippen LogP) is 5.93. The van der Waals surface area contributed by atoms with Crippen molar-refractivity contribution in [2.24, 2.45) is 0 Å². The highest BCUT2D eigenvalue weighted by Crippen LogP contribution is 2.36. The lowest BCUT2D eigenvalue weighted by Crippen LogP contribution is -2.17. The summed E-state index contributed by atoms with van der Waals surface area (Å²) in [5.41, 5.74) is 4.81. The quantitative estimate of drug-likeness (QED) is 0.550. The molecule has 0 spiro atoms. The molecule has 1 aliphatic rings. The Balaban J connectivity index is 1.79. The summed E-state index contributed by atoms with van der Waals surface area (Å²) in [5, 5.41) is 8.42. The van der Waals surface area contributed by atoms with Gasteiger partial charge in [-0.3, -0.25) is 0 Å². The molecule has 1 aromatic heterocycles. The predicted molar refractivity (Wildman–Crippen MR) is 112 cm³/mol. The van der Waals surface area contributed by atoms with Gasteiger partial charge in [-0.1, -0.05) is 23.2 Å². The molecule has 0 radical (unpaired) electrons. The molecule has 0 unspecified atom stereocenters. The van der Waals surface area contributed by atoms with Crippen molar-refractivity contribution in [2.75, 3.05) is 18.9 Å². The molecule has 1 heterocycles. The zero-order valence-electron chi connectivity index (χ0n) is 15.2. The Kier molecular flexibility index (Phi) is 5.31. The van der Waals surface area contributed by atoms with Gasteiger partial charge in [0.2, 0.25) is 0 Å². The van der Waals surface area contributed by atoms with Crippen molar-refractivity contribution < 1.29 is 4.39 Å². The van der Waals surface area contributed by atoms with Gasteiger partial charge in [-0.05, 0) is 68.6 Å². The Bertz CT molecular complexity index is 997. The molecule has 0 saturated carbocycles. The lowest BCUT2D eigenvalue weighted by molar-refractivity contribution is 0.580. The summed E-state index contributed by atoms with van der Waals surface area (Å²) in [6.45, 7) is 1.59. The van der Waals surface area contributed by atoms with E-state index < -0.39 is 0 Å². The van der Waals surface area contributed by atoms with Crippen LogP contribution in [0.25, 0.3) is 10.9 Å². The lowest BCUT2D eigenvalue weighted by atomic mass is 9.95. The van der Waals surface area contributed by atoms with Gasteiger partial charge in [0, 0.05) is 35.5 Å². The normalized spacial score (nSPS) is 13.8. The maximum absolute atomic E-state index is 15.1. The number of nitrogens with one attached hydrogen (secondary N) is 2. The second kappa shape index (κ2) is 7.70. The van der Waals surface area contributed by atoms with Crippen LogP contribution in [-0.2, 0) is 19.4 Å². The van der Waals surface area contributed by atoms with Crippen LogP contribution in [0.2, 0.25) is 10.0 Å². The van der Waals surface area contributed by atoms with Gasteiger partial charge < -0.3 is 15.2 Å². The van der Waals surface area contributed by atoms with Crippen molar-refractivity contribution in [3.63, 3.8) is 0 Å². The highest BCUT2D eigenvalue weighted by molar-refractivity contribution is 6.42. The first-order chi connectivity index (χ1) is 13.1. The minimum absolute atomic E-state index is 0.194. The van der Waals surface area contributed by atoms with Gasteiger partial charge in [0.1, 0.15) is 5.82 Å². The van der Waals surface area contributed by atoms with E-state index in [-0.39, 0.29) is 5.82 Å². The van der Waals surface area contributed by atoms with Crippen molar-refractivity contribution in [3.8, 4) is 0 Å². The lowest BCUT2D eigenvalue weighted by Gasteiger charge is -2.15. The van der Waals surface area contributed by atoms with Crippen molar-refractivity contribution >= 4 is 45.5 Å². The van der Waals surface area contributed by atoms with Crippen LogP contribution in [0.15, 0.2) is 30.3 Å². The number of hydrogen-bond donors (Lipinski definition) is 2. The number of benzene rings is 2. The highest BCUT2D eigenvalue weighted by atomic mass is 35.5. The second-order valence-electron chi connectivity index (χ2n) is 7.00. The number of fused-ring (bicyclic) bond motifs is 3. The maximum Gasteiger partial charge on any atom is 0.149 e. The van der Waals surface area contributed by atoms with Gasteiger partial charge in [0.05, 0.1) is 15.6 Å². The molecule has 3 aromatic rings. The van der Waals surface area contributed by atoms with Crippen LogP contribution < -0.4 is 10.6 Å². The molecule has 3 nitrogen and oxygen atoms in total. The average molecular weight is 406 g/mol. The Hall–Kier alpha value is -1.75. The molecular formula is C21H22Cl2FN3. The molecule has 6 heteroatoms. The molecule has 142 valence electrons. The molecule has 2 N–H and O–H groups in total. The molecule has 4 rings (SSSR count). The van der Waals surface area contributed by atoms with Crippen molar-refractivity contribution in [1.29, 1.82) is 0 Å². The minimum atomic E-state index is -0.194. The molecule has 1 aliphatic carbocycles. The van der Waals surface area contributed by atoms with Gasteiger partial charge in [-0.15, -0.1) is 0 Å². The maximum atomic E-state index is 15.1. The molecule has 27 heavy (non-hydrogen) atoms. The standard InChI is InChI=1S/C21H22Cl2FN3/c1-25-8-9-27-20-5-3-2-4-15(20)16-10-14(12-19(24)21(16)27)26-13-6-7-17(22)18(23)11-13/h6-7,10-12,25-26H,2-5,8-9H2,1H3. The van der Waals surface area contributed by atoms with Crippen LogP contribution in [0.4, 0.5) is 15.8 Å². The van der Waals surface area contributed by atoms with E-state index in [4.69, 9.17) is 23.2 Å². The molecular weight excluding hydrogens is 384 g/mol. The van der Waals surface area contributed by atoms with E-state index in [9.17, 15) is 0 Å². The van der Waals surface area contributed by atoms with Gasteiger partial charge in [0.25, 0.3) is 0 Å². The molecule has 0 saturated heterocycles. The van der Waals surface area contributed by atoms with E-state index in [0.29, 0.717) is 10.0 Å². The number of anilines is 2. The number of likely N-dealkylation sites (N-methyl/N-ethyl adjacent to an activating group) is 1. The summed E-state index contributed by atoms with van der Waals surface area (Å²) in [7, 11) is 1.92. The first-order valence-corrected chi connectivity index (χ1v) is 10.0. The zero-order valence-corrected chi connectivity index (χ0v) is 16.7. The van der Waals surface area contributed by atoms with E-state index in [0.717, 1.165) is 54.6 Å². The van der Waals surface area contributed by atoms with Crippen LogP contribution in [-0.4, -0.2) is 18.2 Å². The molecule has 0 aliphatic heterocycles. The third-order valence-corrected chi connectivity index (χ3v) is 5.96. The Labute approximate surface area is 168 Å². The van der Waals surface area contributed by atoms with Gasteiger partial charge in [0.15, 0.2) is 0 Å². The number of rotatable bonds is 5. The van der Waals surface area contributed by atoms with Crippen LogP contribution in [0, 0.1) is 5.82 Å². The van der Waals surface area contributed by atoms with E-state index in [1.807, 2.05) is 13.1 Å². The minimum Gasteiger partial charge on any atom is -0.355 e. The van der Waals surface area contributed by atoms with E-state index in [1.165, 1.54) is 17.7 Å². The summed E-state index contributed by atoms with van der Waals surface area (Å²) < 4.78 is 17.3. The van der Waals surface area contributed by atoms with E-state index in [2.05, 4.69) is 21.3 Å². The van der Waals surface area contributed by atoms with Crippen LogP contribution >= 0.6 is 23.2 Å². The summed E-state index contributed by atoms with van der Waals surface area (Å²) in [4.78, 5) is 0. The Morgan fingerprint density at radius 3 is 2.63 bits per heavy atom. The fourth-order valence-corrected chi connectivity index (χ4v) is 4.30. The summed E-state index contributed by atoms with van der Waals surface area (Å²) >= 11 is 12.1. The largest absolute Gasteiger partial charge is 0.355 e. The third kappa shape index (κ3) is 3.54. The van der Waals surface area contributed by atoms with Gasteiger partial charge in [-0.25, -0.2) is 4.39 Å². The second-order valence-corrected chi connectivity index (χ2v) is 7.81. The van der Waals surface area contributed by atoms with Crippen molar-refractivity contribution in [2.45, 2.75) is 32.2 Å². The number of aromatic nitrogens is 1. The first-order valence-electron chi connectivity index (χ1n) is 9.28. The number of aryl methyl sites for hydroxylation is 1. The first kappa shape index (κ1) is 18.6. The van der Waals surface area contributed by atoms with Crippen LogP contribution in [0.3, 0.4) is 0 Å². The summed E-state index contributed by atoms with van der Waals surface area (Å²) in [6.07, 6.45) is 4.35. The van der Waals surface area contributed by atoms with Crippen molar-refractivity contribution in [3.05, 3.63) is 57.5 Å². The highest BCUT2D eigenvalue weighted by Gasteiger charge is 2.22. The SMILES string of the molecule is CNCCn1c2c(c3cc(Nc4ccc(Cl)c(Cl)c4)cc(F)c31)CCCC2. The summed E-state index contributed by atoms with van der Waals surface area (Å²) in [6, 6.07) is 8.94. The fourth-order valence-electron chi connectivity index (χ4n) is 4.00. The smallest absolute Gasteiger partial charge is 0.149 e. The van der Waals surface area contributed by atoms with Crippen LogP contribution in [0.1, 0.15) is 24.1 Å². The van der Waals surface area contributed by atoms with Crippen molar-refractivity contribution in [1.82, 2.24) is 9.88 Å². The Morgan fingerprint density at radius 1 is 1.04 bits per heavy atom. The zero-order chi connectivity index (χ0) is 19.0. The van der Waals surface area contributed by atoms with E-state index >= 15 is 4.39 Å². The Morgan fingerprint density at radius 2 is 1.85 bits per heavy atom. The van der Waals surface area contributed by atoms with E-state index in [1.54, 1.807) is 18.2 Å². The number of halogens is 3. The molecule has 0 amide bonds. The van der Waals surface area contributed by atoms with Gasteiger partial charge >= 0.3 is 0 Å². The molecule has 2 aromatic carbocycles. The number of hydrogen-bond acceptors (Lipinski definition) is 2.